The average Bonchev–Trinajstić information content (AvgIpc) is 2.83. The summed E-state index contributed by atoms with van der Waals surface area (Å²) in [6.45, 7) is 2.44. The number of aromatic nitrogens is 3. The third-order valence-electron chi connectivity index (χ3n) is 4.18. The van der Waals surface area contributed by atoms with E-state index < -0.39 is 5.97 Å². The van der Waals surface area contributed by atoms with Crippen LogP contribution in [0.2, 0.25) is 0 Å². The molecule has 0 radical (unpaired) electrons. The van der Waals surface area contributed by atoms with E-state index in [1.54, 1.807) is 0 Å². The van der Waals surface area contributed by atoms with Crippen LogP contribution in [0.25, 0.3) is 0 Å². The molecule has 6 heteroatoms. The third kappa shape index (κ3) is 2.49. The van der Waals surface area contributed by atoms with E-state index in [0.29, 0.717) is 6.54 Å². The molecule has 1 aromatic rings. The molecule has 0 aromatic carbocycles. The highest BCUT2D eigenvalue weighted by molar-refractivity contribution is 5.73. The smallest absolute Gasteiger partial charge is 0.320 e. The van der Waals surface area contributed by atoms with Gasteiger partial charge < -0.3 is 9.67 Å². The van der Waals surface area contributed by atoms with Crippen LogP contribution in [-0.2, 0) is 24.3 Å². The number of carbonyl (C=O) groups is 1. The first-order chi connectivity index (χ1) is 9.25. The van der Waals surface area contributed by atoms with Gasteiger partial charge in [-0.15, -0.1) is 10.2 Å². The van der Waals surface area contributed by atoms with E-state index in [1.165, 1.54) is 12.8 Å². The topological polar surface area (TPSA) is 71.2 Å². The summed E-state index contributed by atoms with van der Waals surface area (Å²) in [7, 11) is 0. The van der Waals surface area contributed by atoms with Crippen molar-refractivity contribution in [3.63, 3.8) is 0 Å². The number of aliphatic carboxylic acids is 1. The lowest BCUT2D eigenvalue weighted by Gasteiger charge is -2.32. The van der Waals surface area contributed by atoms with Crippen molar-refractivity contribution in [3.05, 3.63) is 11.6 Å². The summed E-state index contributed by atoms with van der Waals surface area (Å²) in [5.74, 6) is 1.28. The Labute approximate surface area is 112 Å². The van der Waals surface area contributed by atoms with E-state index in [-0.39, 0.29) is 6.04 Å². The van der Waals surface area contributed by atoms with Crippen molar-refractivity contribution in [1.29, 1.82) is 0 Å². The van der Waals surface area contributed by atoms with E-state index in [4.69, 9.17) is 0 Å². The molecule has 1 aromatic heterocycles. The lowest BCUT2D eigenvalue weighted by atomic mass is 10.0. The van der Waals surface area contributed by atoms with Crippen LogP contribution in [0.15, 0.2) is 0 Å². The summed E-state index contributed by atoms with van der Waals surface area (Å²) in [5.41, 5.74) is 0. The molecular weight excluding hydrogens is 244 g/mol. The first-order valence-corrected chi connectivity index (χ1v) is 7.13. The predicted octanol–water partition coefficient (Wildman–Crippen LogP) is 1.05. The van der Waals surface area contributed by atoms with Crippen LogP contribution in [-0.4, -0.2) is 43.3 Å². The lowest BCUT2D eigenvalue weighted by Crippen LogP contribution is -2.44. The molecule has 1 unspecified atom stereocenters. The van der Waals surface area contributed by atoms with Gasteiger partial charge in [0.05, 0.1) is 6.54 Å². The van der Waals surface area contributed by atoms with Crippen LogP contribution in [0.5, 0.6) is 0 Å². The van der Waals surface area contributed by atoms with Gasteiger partial charge in [-0.05, 0) is 32.2 Å². The molecule has 0 spiro atoms. The standard InChI is InChI=1S/C13H20N4O2/c18-13(19)10-5-1-3-7-16(10)9-12-15-14-11-6-2-4-8-17(11)12/h10H,1-9H2,(H,18,19). The molecule has 0 saturated carbocycles. The van der Waals surface area contributed by atoms with Gasteiger partial charge in [-0.1, -0.05) is 6.42 Å². The molecule has 2 aliphatic heterocycles. The van der Waals surface area contributed by atoms with Crippen LogP contribution in [0.3, 0.4) is 0 Å². The average molecular weight is 264 g/mol. The van der Waals surface area contributed by atoms with Gasteiger partial charge in [0, 0.05) is 13.0 Å². The molecule has 2 aliphatic rings. The van der Waals surface area contributed by atoms with Crippen LogP contribution in [0.1, 0.15) is 43.8 Å². The maximum absolute atomic E-state index is 11.3. The maximum Gasteiger partial charge on any atom is 0.320 e. The molecule has 1 saturated heterocycles. The second-order valence-electron chi connectivity index (χ2n) is 5.46. The zero-order valence-electron chi connectivity index (χ0n) is 11.1. The summed E-state index contributed by atoms with van der Waals surface area (Å²) < 4.78 is 2.18. The summed E-state index contributed by atoms with van der Waals surface area (Å²) in [6, 6.07) is -0.356. The summed E-state index contributed by atoms with van der Waals surface area (Å²) in [6.07, 6.45) is 6.17. The molecular formula is C13H20N4O2. The number of rotatable bonds is 3. The number of carboxylic acid groups (broad SMARTS) is 1. The Morgan fingerprint density at radius 1 is 1.21 bits per heavy atom. The van der Waals surface area contributed by atoms with Crippen molar-refractivity contribution >= 4 is 5.97 Å². The van der Waals surface area contributed by atoms with Crippen molar-refractivity contribution in [2.45, 2.75) is 57.7 Å². The Kier molecular flexibility index (Phi) is 3.50. The van der Waals surface area contributed by atoms with Crippen molar-refractivity contribution in [3.8, 4) is 0 Å². The molecule has 0 bridgehead atoms. The Morgan fingerprint density at radius 2 is 2.05 bits per heavy atom. The highest BCUT2D eigenvalue weighted by atomic mass is 16.4. The van der Waals surface area contributed by atoms with E-state index in [9.17, 15) is 9.90 Å². The minimum atomic E-state index is -0.710. The predicted molar refractivity (Wildman–Crippen MR) is 68.6 cm³/mol. The second kappa shape index (κ2) is 5.28. The quantitative estimate of drug-likeness (QED) is 0.883. The van der Waals surface area contributed by atoms with Crippen LogP contribution in [0, 0.1) is 0 Å². The number of likely N-dealkylation sites (tertiary alicyclic amines) is 1. The van der Waals surface area contributed by atoms with Gasteiger partial charge in [0.1, 0.15) is 17.7 Å². The number of hydrogen-bond acceptors (Lipinski definition) is 4. The third-order valence-corrected chi connectivity index (χ3v) is 4.18. The van der Waals surface area contributed by atoms with Gasteiger partial charge in [-0.2, -0.15) is 0 Å². The molecule has 0 amide bonds. The number of aryl methyl sites for hydroxylation is 1. The van der Waals surface area contributed by atoms with Gasteiger partial charge in [-0.3, -0.25) is 9.69 Å². The van der Waals surface area contributed by atoms with Gasteiger partial charge in [-0.25, -0.2) is 0 Å². The van der Waals surface area contributed by atoms with Crippen LogP contribution < -0.4 is 0 Å². The van der Waals surface area contributed by atoms with Crippen molar-refractivity contribution in [2.24, 2.45) is 0 Å². The van der Waals surface area contributed by atoms with Gasteiger partial charge in [0.15, 0.2) is 0 Å². The fourth-order valence-electron chi connectivity index (χ4n) is 3.13. The Morgan fingerprint density at radius 3 is 2.89 bits per heavy atom. The summed E-state index contributed by atoms with van der Waals surface area (Å²) >= 11 is 0. The fourth-order valence-corrected chi connectivity index (χ4v) is 3.13. The van der Waals surface area contributed by atoms with E-state index in [1.807, 2.05) is 4.90 Å². The first-order valence-electron chi connectivity index (χ1n) is 7.13. The highest BCUT2D eigenvalue weighted by Gasteiger charge is 2.30. The molecule has 1 N–H and O–H groups in total. The van der Waals surface area contributed by atoms with Crippen molar-refractivity contribution in [2.75, 3.05) is 6.54 Å². The maximum atomic E-state index is 11.3. The number of fused-ring (bicyclic) bond motifs is 1. The SMILES string of the molecule is O=C(O)C1CCCCN1Cc1nnc2n1CCCC2. The van der Waals surface area contributed by atoms with E-state index >= 15 is 0 Å². The minimum absolute atomic E-state index is 0.356. The van der Waals surface area contributed by atoms with Crippen molar-refractivity contribution < 1.29 is 9.90 Å². The van der Waals surface area contributed by atoms with E-state index in [0.717, 1.165) is 50.4 Å². The molecule has 1 atom stereocenters. The molecule has 0 aliphatic carbocycles. The second-order valence-corrected chi connectivity index (χ2v) is 5.46. The number of carboxylic acids is 1. The Bertz CT molecular complexity index is 471. The molecule has 1 fully saturated rings. The number of nitrogens with zero attached hydrogens (tertiary/aromatic N) is 4. The Hall–Kier alpha value is -1.43. The lowest BCUT2D eigenvalue weighted by molar-refractivity contribution is -0.144. The minimum Gasteiger partial charge on any atom is -0.480 e. The van der Waals surface area contributed by atoms with Gasteiger partial charge >= 0.3 is 5.97 Å². The highest BCUT2D eigenvalue weighted by Crippen LogP contribution is 2.21. The zero-order valence-corrected chi connectivity index (χ0v) is 11.1. The Balaban J connectivity index is 1.76. The fraction of sp³-hybridized carbons (Fsp3) is 0.769. The van der Waals surface area contributed by atoms with E-state index in [2.05, 4.69) is 14.8 Å². The van der Waals surface area contributed by atoms with Gasteiger partial charge in [0.2, 0.25) is 0 Å². The zero-order chi connectivity index (χ0) is 13.2. The largest absolute Gasteiger partial charge is 0.480 e. The van der Waals surface area contributed by atoms with Crippen LogP contribution in [0.4, 0.5) is 0 Å². The van der Waals surface area contributed by atoms with Crippen molar-refractivity contribution in [1.82, 2.24) is 19.7 Å². The summed E-state index contributed by atoms with van der Waals surface area (Å²) in [4.78, 5) is 13.3. The normalized spacial score (nSPS) is 24.1. The summed E-state index contributed by atoms with van der Waals surface area (Å²) in [5, 5.41) is 17.8. The monoisotopic (exact) mass is 264 g/mol. The molecule has 3 rings (SSSR count). The molecule has 19 heavy (non-hydrogen) atoms. The van der Waals surface area contributed by atoms with Crippen LogP contribution >= 0.6 is 0 Å². The van der Waals surface area contributed by atoms with Gasteiger partial charge in [0.25, 0.3) is 0 Å². The molecule has 3 heterocycles. The number of hydrogen-bond donors (Lipinski definition) is 1. The number of piperidine rings is 1. The molecule has 104 valence electrons. The first kappa shape index (κ1) is 12.6. The molecule has 6 nitrogen and oxygen atoms in total.